The number of fused-ring (bicyclic) bond motifs is 2. The minimum atomic E-state index is 0.601. The molecule has 3 saturated carbocycles. The predicted octanol–water partition coefficient (Wildman–Crippen LogP) is 5.71. The highest BCUT2D eigenvalue weighted by molar-refractivity contribution is 9.10. The van der Waals surface area contributed by atoms with Gasteiger partial charge in [-0.1, -0.05) is 36.7 Å². The van der Waals surface area contributed by atoms with Gasteiger partial charge in [0.15, 0.2) is 0 Å². The summed E-state index contributed by atoms with van der Waals surface area (Å²) in [5.74, 6) is 4.72. The van der Waals surface area contributed by atoms with Crippen molar-refractivity contribution in [2.75, 3.05) is 7.11 Å². The molecule has 21 heavy (non-hydrogen) atoms. The van der Waals surface area contributed by atoms with E-state index in [0.717, 1.165) is 40.3 Å². The molecule has 4 rings (SSSR count). The van der Waals surface area contributed by atoms with Gasteiger partial charge in [-0.2, -0.15) is 0 Å². The van der Waals surface area contributed by atoms with Gasteiger partial charge in [0.2, 0.25) is 0 Å². The number of benzene rings is 1. The standard InChI is InChI=1S/C19H27BrO/c1-12-13(9-15-11-17(12)19(15,2)3)5-6-14-10-16(20)7-8-18(14)21-4/h7-8,10,12-13,15,17H,5-6,9,11H2,1-4H3/t12-,13+,15+,17+/m1/s1. The number of hydrogen-bond donors (Lipinski definition) is 0. The molecule has 0 heterocycles. The fraction of sp³-hybridized carbons (Fsp3) is 0.684. The van der Waals surface area contributed by atoms with Gasteiger partial charge in [0, 0.05) is 4.47 Å². The van der Waals surface area contributed by atoms with Gasteiger partial charge in [-0.25, -0.2) is 0 Å². The predicted molar refractivity (Wildman–Crippen MR) is 91.7 cm³/mol. The van der Waals surface area contributed by atoms with Crippen LogP contribution in [-0.2, 0) is 6.42 Å². The van der Waals surface area contributed by atoms with E-state index in [-0.39, 0.29) is 0 Å². The Morgan fingerprint density at radius 1 is 1.29 bits per heavy atom. The van der Waals surface area contributed by atoms with Gasteiger partial charge in [-0.3, -0.25) is 0 Å². The van der Waals surface area contributed by atoms with Crippen molar-refractivity contribution >= 4 is 15.9 Å². The Morgan fingerprint density at radius 3 is 2.67 bits per heavy atom. The number of hydrogen-bond acceptors (Lipinski definition) is 1. The quantitative estimate of drug-likeness (QED) is 0.675. The van der Waals surface area contributed by atoms with Crippen molar-refractivity contribution in [1.82, 2.24) is 0 Å². The lowest BCUT2D eigenvalue weighted by molar-refractivity contribution is -0.129. The van der Waals surface area contributed by atoms with Gasteiger partial charge in [0.25, 0.3) is 0 Å². The first-order valence-corrected chi connectivity index (χ1v) is 9.05. The summed E-state index contributed by atoms with van der Waals surface area (Å²) in [7, 11) is 1.77. The Bertz CT molecular complexity index is 522. The first kappa shape index (κ1) is 15.4. The molecule has 0 spiro atoms. The maximum atomic E-state index is 5.51. The van der Waals surface area contributed by atoms with Gasteiger partial charge < -0.3 is 4.74 Å². The Hall–Kier alpha value is -0.500. The van der Waals surface area contributed by atoms with Crippen molar-refractivity contribution in [2.45, 2.75) is 46.5 Å². The average Bonchev–Trinajstić information content (AvgIpc) is 2.45. The molecule has 3 aliphatic carbocycles. The van der Waals surface area contributed by atoms with Gasteiger partial charge in [-0.05, 0) is 78.5 Å². The van der Waals surface area contributed by atoms with Gasteiger partial charge in [-0.15, -0.1) is 0 Å². The topological polar surface area (TPSA) is 9.23 Å². The molecule has 0 amide bonds. The van der Waals surface area contributed by atoms with Crippen molar-refractivity contribution < 1.29 is 4.74 Å². The summed E-state index contributed by atoms with van der Waals surface area (Å²) in [4.78, 5) is 0. The van der Waals surface area contributed by atoms with Crippen LogP contribution < -0.4 is 4.74 Å². The minimum absolute atomic E-state index is 0.601. The van der Waals surface area contributed by atoms with Gasteiger partial charge in [0.05, 0.1) is 7.11 Å². The Kier molecular flexibility index (Phi) is 4.11. The van der Waals surface area contributed by atoms with Crippen LogP contribution in [-0.4, -0.2) is 7.11 Å². The molecular formula is C19H27BrO. The normalized spacial score (nSPS) is 33.4. The summed E-state index contributed by atoms with van der Waals surface area (Å²) in [6.07, 6.45) is 5.35. The smallest absolute Gasteiger partial charge is 0.122 e. The van der Waals surface area contributed by atoms with Crippen LogP contribution in [0.15, 0.2) is 22.7 Å². The molecule has 0 unspecified atom stereocenters. The summed E-state index contributed by atoms with van der Waals surface area (Å²) in [5, 5.41) is 0. The van der Waals surface area contributed by atoms with E-state index in [0.29, 0.717) is 5.41 Å². The van der Waals surface area contributed by atoms with E-state index < -0.39 is 0 Å². The molecule has 0 radical (unpaired) electrons. The van der Waals surface area contributed by atoms with E-state index in [2.05, 4.69) is 54.9 Å². The molecule has 0 saturated heterocycles. The van der Waals surface area contributed by atoms with Crippen LogP contribution in [0.1, 0.15) is 45.6 Å². The number of rotatable bonds is 4. The number of aryl methyl sites for hydroxylation is 1. The lowest BCUT2D eigenvalue weighted by atomic mass is 9.43. The minimum Gasteiger partial charge on any atom is -0.496 e. The van der Waals surface area contributed by atoms with Crippen molar-refractivity contribution in [3.8, 4) is 5.75 Å². The molecule has 3 fully saturated rings. The van der Waals surface area contributed by atoms with Crippen molar-refractivity contribution in [3.05, 3.63) is 28.2 Å². The Labute approximate surface area is 137 Å². The maximum Gasteiger partial charge on any atom is 0.122 e. The van der Waals surface area contributed by atoms with E-state index in [1.54, 1.807) is 7.11 Å². The molecule has 1 aromatic rings. The van der Waals surface area contributed by atoms with Crippen molar-refractivity contribution in [3.63, 3.8) is 0 Å². The van der Waals surface area contributed by atoms with Crippen LogP contribution in [0.4, 0.5) is 0 Å². The van der Waals surface area contributed by atoms with E-state index in [4.69, 9.17) is 4.74 Å². The van der Waals surface area contributed by atoms with Crippen LogP contribution in [0.25, 0.3) is 0 Å². The third-order valence-electron chi connectivity index (χ3n) is 6.54. The lowest BCUT2D eigenvalue weighted by Crippen LogP contribution is -2.54. The highest BCUT2D eigenvalue weighted by Crippen LogP contribution is 2.63. The zero-order chi connectivity index (χ0) is 15.2. The first-order valence-electron chi connectivity index (χ1n) is 8.26. The van der Waals surface area contributed by atoms with E-state index >= 15 is 0 Å². The van der Waals surface area contributed by atoms with Crippen LogP contribution in [0.5, 0.6) is 5.75 Å². The summed E-state index contributed by atoms with van der Waals surface area (Å²) in [6, 6.07) is 6.35. The lowest BCUT2D eigenvalue weighted by Gasteiger charge is -2.62. The Balaban J connectivity index is 1.65. The van der Waals surface area contributed by atoms with E-state index in [1.165, 1.54) is 24.8 Å². The monoisotopic (exact) mass is 350 g/mol. The van der Waals surface area contributed by atoms with Crippen molar-refractivity contribution in [1.29, 1.82) is 0 Å². The highest BCUT2D eigenvalue weighted by Gasteiger charge is 2.55. The van der Waals surface area contributed by atoms with Crippen LogP contribution >= 0.6 is 15.9 Å². The average molecular weight is 351 g/mol. The first-order chi connectivity index (χ1) is 9.93. The summed E-state index contributed by atoms with van der Waals surface area (Å²) in [5.41, 5.74) is 1.95. The molecule has 1 nitrogen and oxygen atoms in total. The molecule has 0 aromatic heterocycles. The molecular weight excluding hydrogens is 324 g/mol. The second-order valence-corrected chi connectivity index (χ2v) is 8.63. The fourth-order valence-electron chi connectivity index (χ4n) is 4.92. The summed E-state index contributed by atoms with van der Waals surface area (Å²) >= 11 is 3.58. The second-order valence-electron chi connectivity index (χ2n) is 7.71. The fourth-order valence-corrected chi connectivity index (χ4v) is 5.33. The number of halogens is 1. The zero-order valence-electron chi connectivity index (χ0n) is 13.7. The molecule has 0 N–H and O–H groups in total. The molecule has 4 atom stereocenters. The molecule has 2 heteroatoms. The zero-order valence-corrected chi connectivity index (χ0v) is 15.2. The maximum absolute atomic E-state index is 5.51. The SMILES string of the molecule is COc1ccc(Br)cc1CC[C@H]1C[C@H]2C[C@@H]([C@@H]1C)C2(C)C. The second kappa shape index (κ2) is 5.61. The van der Waals surface area contributed by atoms with E-state index in [9.17, 15) is 0 Å². The van der Waals surface area contributed by atoms with Crippen molar-refractivity contribution in [2.24, 2.45) is 29.1 Å². The molecule has 3 aliphatic rings. The van der Waals surface area contributed by atoms with Crippen LogP contribution in [0.2, 0.25) is 0 Å². The Morgan fingerprint density at radius 2 is 2.05 bits per heavy atom. The summed E-state index contributed by atoms with van der Waals surface area (Å²) in [6.45, 7) is 7.45. The third-order valence-corrected chi connectivity index (χ3v) is 7.03. The number of methoxy groups -OCH3 is 1. The van der Waals surface area contributed by atoms with Gasteiger partial charge in [0.1, 0.15) is 5.75 Å². The number of ether oxygens (including phenoxy) is 1. The van der Waals surface area contributed by atoms with Gasteiger partial charge >= 0.3 is 0 Å². The van der Waals surface area contributed by atoms with E-state index in [1.807, 2.05) is 0 Å². The molecule has 0 aliphatic heterocycles. The van der Waals surface area contributed by atoms with Crippen LogP contribution in [0, 0.1) is 29.1 Å². The van der Waals surface area contributed by atoms with Crippen LogP contribution in [0.3, 0.4) is 0 Å². The summed E-state index contributed by atoms with van der Waals surface area (Å²) < 4.78 is 6.66. The highest BCUT2D eigenvalue weighted by atomic mass is 79.9. The molecule has 1 aromatic carbocycles. The molecule has 116 valence electrons. The largest absolute Gasteiger partial charge is 0.496 e. The molecule has 2 bridgehead atoms. The third kappa shape index (κ3) is 2.65.